The number of ketones is 1. The van der Waals surface area contributed by atoms with Gasteiger partial charge in [0.25, 0.3) is 11.7 Å². The van der Waals surface area contributed by atoms with Crippen LogP contribution in [-0.4, -0.2) is 35.5 Å². The zero-order valence-electron chi connectivity index (χ0n) is 20.2. The molecule has 2 aromatic carbocycles. The largest absolute Gasteiger partial charge is 0.507 e. The number of benzene rings is 2. The third kappa shape index (κ3) is 4.49. The molecule has 0 spiro atoms. The van der Waals surface area contributed by atoms with E-state index in [0.717, 1.165) is 5.56 Å². The summed E-state index contributed by atoms with van der Waals surface area (Å²) in [5.74, 6) is -0.323. The normalized spacial score (nSPS) is 17.2. The topological polar surface area (TPSA) is 89.0 Å². The van der Waals surface area contributed by atoms with Crippen LogP contribution in [0.15, 0.2) is 72.6 Å². The maximum atomic E-state index is 13.4. The molecule has 3 aromatic rings. The van der Waals surface area contributed by atoms with E-state index in [9.17, 15) is 14.7 Å². The van der Waals surface area contributed by atoms with Crippen LogP contribution in [0.3, 0.4) is 0 Å². The summed E-state index contributed by atoms with van der Waals surface area (Å²) in [6.45, 7) is 6.37. The van der Waals surface area contributed by atoms with Gasteiger partial charge in [0, 0.05) is 29.7 Å². The van der Waals surface area contributed by atoms with Crippen LogP contribution in [0, 0.1) is 0 Å². The number of amides is 1. The van der Waals surface area contributed by atoms with E-state index in [1.165, 1.54) is 4.90 Å². The third-order valence-corrected chi connectivity index (χ3v) is 6.00. The van der Waals surface area contributed by atoms with Gasteiger partial charge >= 0.3 is 0 Å². The van der Waals surface area contributed by atoms with E-state index in [1.807, 2.05) is 20.8 Å². The third-order valence-electron chi connectivity index (χ3n) is 6.00. The Morgan fingerprint density at radius 1 is 1.09 bits per heavy atom. The lowest BCUT2D eigenvalue weighted by Crippen LogP contribution is -2.29. The number of hydrogen-bond donors (Lipinski definition) is 1. The van der Waals surface area contributed by atoms with Gasteiger partial charge in [-0.15, -0.1) is 0 Å². The predicted molar refractivity (Wildman–Crippen MR) is 134 cm³/mol. The van der Waals surface area contributed by atoms with Crippen molar-refractivity contribution in [2.24, 2.45) is 0 Å². The average Bonchev–Trinajstić information content (AvgIpc) is 3.14. The number of ether oxygens (including phenoxy) is 2. The highest BCUT2D eigenvalue weighted by Gasteiger charge is 2.47. The van der Waals surface area contributed by atoms with Crippen LogP contribution < -0.4 is 14.4 Å². The van der Waals surface area contributed by atoms with Gasteiger partial charge in [0.1, 0.15) is 17.3 Å². The highest BCUT2D eigenvalue weighted by molar-refractivity contribution is 6.51. The molecule has 1 unspecified atom stereocenters. The number of methoxy groups -OCH3 is 1. The lowest BCUT2D eigenvalue weighted by molar-refractivity contribution is -0.132. The molecule has 35 heavy (non-hydrogen) atoms. The van der Waals surface area contributed by atoms with Gasteiger partial charge in [0.2, 0.25) is 0 Å². The first-order valence-corrected chi connectivity index (χ1v) is 11.5. The SMILES string of the molecule is CCOc1cccc(N2C(=O)C(=O)/C(=C(\O)c3ccc(OC)c(C(C)C)c3)C2c2ccncc2)c1. The van der Waals surface area contributed by atoms with Crippen molar-refractivity contribution < 1.29 is 24.2 Å². The van der Waals surface area contributed by atoms with Crippen LogP contribution in [0.5, 0.6) is 11.5 Å². The Balaban J connectivity index is 1.92. The Hall–Kier alpha value is -4.13. The van der Waals surface area contributed by atoms with Gasteiger partial charge in [0.15, 0.2) is 0 Å². The standard InChI is InChI=1S/C28H28N2O5/c1-5-35-21-8-6-7-20(16-21)30-25(18-11-13-29-14-12-18)24(27(32)28(30)33)26(31)19-9-10-23(34-4)22(15-19)17(2)3/h6-17,25,31H,5H2,1-4H3/b26-24-. The molecule has 4 rings (SSSR count). The van der Waals surface area contributed by atoms with Crippen molar-refractivity contribution in [3.8, 4) is 11.5 Å². The molecule has 1 aromatic heterocycles. The molecule has 0 aliphatic carbocycles. The molecule has 0 saturated carbocycles. The summed E-state index contributed by atoms with van der Waals surface area (Å²) in [7, 11) is 1.59. The van der Waals surface area contributed by atoms with E-state index in [4.69, 9.17) is 9.47 Å². The van der Waals surface area contributed by atoms with Crippen molar-refractivity contribution in [3.63, 3.8) is 0 Å². The monoisotopic (exact) mass is 472 g/mol. The molecule has 1 N–H and O–H groups in total. The smallest absolute Gasteiger partial charge is 0.300 e. The zero-order valence-corrected chi connectivity index (χ0v) is 20.2. The van der Waals surface area contributed by atoms with E-state index in [-0.39, 0.29) is 17.3 Å². The molecule has 2 heterocycles. The van der Waals surface area contributed by atoms with Gasteiger partial charge in [0.05, 0.1) is 25.3 Å². The van der Waals surface area contributed by atoms with E-state index in [2.05, 4.69) is 4.98 Å². The number of hydrogen-bond acceptors (Lipinski definition) is 6. The van der Waals surface area contributed by atoms with Crippen LogP contribution >= 0.6 is 0 Å². The number of rotatable bonds is 7. The molecule has 7 heteroatoms. The Morgan fingerprint density at radius 3 is 2.49 bits per heavy atom. The molecule has 0 bridgehead atoms. The molecule has 7 nitrogen and oxygen atoms in total. The fourth-order valence-corrected chi connectivity index (χ4v) is 4.34. The lowest BCUT2D eigenvalue weighted by atomic mass is 9.93. The number of carbonyl (C=O) groups is 2. The van der Waals surface area contributed by atoms with Gasteiger partial charge in [-0.05, 0) is 66.4 Å². The van der Waals surface area contributed by atoms with Crippen molar-refractivity contribution >= 4 is 23.1 Å². The molecule has 1 atom stereocenters. The highest BCUT2D eigenvalue weighted by atomic mass is 16.5. The molecule has 1 saturated heterocycles. The highest BCUT2D eigenvalue weighted by Crippen LogP contribution is 2.43. The fraction of sp³-hybridized carbons (Fsp3) is 0.250. The molecule has 180 valence electrons. The van der Waals surface area contributed by atoms with Gasteiger partial charge in [-0.2, -0.15) is 0 Å². The Labute approximate surface area is 204 Å². The first kappa shape index (κ1) is 24.0. The number of carbonyl (C=O) groups excluding carboxylic acids is 2. The Morgan fingerprint density at radius 2 is 1.83 bits per heavy atom. The minimum Gasteiger partial charge on any atom is -0.507 e. The molecule has 1 aliphatic heterocycles. The van der Waals surface area contributed by atoms with Crippen molar-refractivity contribution in [3.05, 3.63) is 89.3 Å². The summed E-state index contributed by atoms with van der Waals surface area (Å²) in [5.41, 5.74) is 2.49. The van der Waals surface area contributed by atoms with E-state index >= 15 is 0 Å². The second-order valence-electron chi connectivity index (χ2n) is 8.49. The molecular weight excluding hydrogens is 444 g/mol. The van der Waals surface area contributed by atoms with Crippen LogP contribution in [0.2, 0.25) is 0 Å². The summed E-state index contributed by atoms with van der Waals surface area (Å²) in [4.78, 5) is 32.2. The maximum absolute atomic E-state index is 13.4. The second-order valence-corrected chi connectivity index (χ2v) is 8.49. The number of aliphatic hydroxyl groups is 1. The van der Waals surface area contributed by atoms with Gasteiger partial charge in [-0.1, -0.05) is 19.9 Å². The zero-order chi connectivity index (χ0) is 25.1. The van der Waals surface area contributed by atoms with Crippen molar-refractivity contribution in [2.45, 2.75) is 32.7 Å². The first-order chi connectivity index (χ1) is 16.9. The van der Waals surface area contributed by atoms with Crippen LogP contribution in [0.1, 0.15) is 49.4 Å². The van der Waals surface area contributed by atoms with E-state index in [1.54, 1.807) is 74.1 Å². The number of aromatic nitrogens is 1. The number of anilines is 1. The Bertz CT molecular complexity index is 1280. The lowest BCUT2D eigenvalue weighted by Gasteiger charge is -2.25. The van der Waals surface area contributed by atoms with Crippen LogP contribution in [-0.2, 0) is 9.59 Å². The molecule has 1 aliphatic rings. The molecular formula is C28H28N2O5. The summed E-state index contributed by atoms with van der Waals surface area (Å²) in [6.07, 6.45) is 3.19. The van der Waals surface area contributed by atoms with Crippen LogP contribution in [0.25, 0.3) is 5.76 Å². The van der Waals surface area contributed by atoms with Crippen LogP contribution in [0.4, 0.5) is 5.69 Å². The van der Waals surface area contributed by atoms with Gasteiger partial charge in [-0.25, -0.2) is 0 Å². The average molecular weight is 473 g/mol. The molecule has 0 radical (unpaired) electrons. The molecule has 1 fully saturated rings. The predicted octanol–water partition coefficient (Wildman–Crippen LogP) is 5.24. The number of aliphatic hydroxyl groups excluding tert-OH is 1. The van der Waals surface area contributed by atoms with Gasteiger partial charge < -0.3 is 14.6 Å². The quantitative estimate of drug-likeness (QED) is 0.287. The minimum absolute atomic E-state index is 0.0166. The summed E-state index contributed by atoms with van der Waals surface area (Å²) in [6, 6.07) is 14.9. The maximum Gasteiger partial charge on any atom is 0.300 e. The fourth-order valence-electron chi connectivity index (χ4n) is 4.34. The summed E-state index contributed by atoms with van der Waals surface area (Å²) in [5, 5.41) is 11.4. The first-order valence-electron chi connectivity index (χ1n) is 11.5. The van der Waals surface area contributed by atoms with Crippen molar-refractivity contribution in [1.29, 1.82) is 0 Å². The summed E-state index contributed by atoms with van der Waals surface area (Å²) >= 11 is 0. The van der Waals surface area contributed by atoms with Crippen molar-refractivity contribution in [2.75, 3.05) is 18.6 Å². The number of nitrogens with zero attached hydrogens (tertiary/aromatic N) is 2. The molecule has 1 amide bonds. The number of pyridine rings is 1. The minimum atomic E-state index is -0.834. The van der Waals surface area contributed by atoms with E-state index in [0.29, 0.717) is 34.9 Å². The van der Waals surface area contributed by atoms with E-state index < -0.39 is 17.7 Å². The van der Waals surface area contributed by atoms with Gasteiger partial charge in [-0.3, -0.25) is 19.5 Å². The number of Topliss-reactive ketones (excluding diaryl/α,β-unsaturated/α-hetero) is 1. The van der Waals surface area contributed by atoms with Crippen molar-refractivity contribution in [1.82, 2.24) is 4.98 Å². The second kappa shape index (κ2) is 10.0. The summed E-state index contributed by atoms with van der Waals surface area (Å²) < 4.78 is 11.1. The Kier molecular flexibility index (Phi) is 6.87.